The van der Waals surface area contributed by atoms with Gasteiger partial charge < -0.3 is 9.84 Å². The van der Waals surface area contributed by atoms with Crippen molar-refractivity contribution in [2.24, 2.45) is 0 Å². The number of carboxylic acids is 1. The minimum atomic E-state index is -1.19. The number of thioether (sulfide) groups is 1. The SMILES string of the molecule is CCSc1nc(NC(=O)OCC2c3ccccc3-c3ccccc32)cc(C(=O)O)n1. The summed E-state index contributed by atoms with van der Waals surface area (Å²) in [6, 6.07) is 17.4. The molecular formula is C22H19N3O4S. The van der Waals surface area contributed by atoms with Crippen LogP contribution >= 0.6 is 11.8 Å². The Labute approximate surface area is 177 Å². The normalized spacial score (nSPS) is 12.2. The van der Waals surface area contributed by atoms with Gasteiger partial charge in [0.05, 0.1) is 0 Å². The monoisotopic (exact) mass is 421 g/mol. The van der Waals surface area contributed by atoms with Crippen molar-refractivity contribution in [3.05, 3.63) is 71.4 Å². The maximum Gasteiger partial charge on any atom is 0.412 e. The highest BCUT2D eigenvalue weighted by atomic mass is 32.2. The van der Waals surface area contributed by atoms with Crippen LogP contribution in [0.15, 0.2) is 59.8 Å². The number of hydrogen-bond donors (Lipinski definition) is 2. The number of nitrogens with one attached hydrogen (secondary N) is 1. The third-order valence-corrected chi connectivity index (χ3v) is 5.50. The molecule has 152 valence electrons. The number of ether oxygens (including phenoxy) is 1. The second-order valence-electron chi connectivity index (χ2n) is 6.61. The van der Waals surface area contributed by atoms with E-state index in [-0.39, 0.29) is 29.2 Å². The minimum absolute atomic E-state index is 0.0608. The zero-order valence-corrected chi connectivity index (χ0v) is 17.0. The average Bonchev–Trinajstić information content (AvgIpc) is 3.06. The predicted octanol–water partition coefficient (Wildman–Crippen LogP) is 4.65. The number of rotatable bonds is 6. The summed E-state index contributed by atoms with van der Waals surface area (Å²) in [6.07, 6.45) is -0.695. The maximum atomic E-state index is 12.4. The Morgan fingerprint density at radius 2 is 1.70 bits per heavy atom. The molecular weight excluding hydrogens is 402 g/mol. The van der Waals surface area contributed by atoms with Crippen LogP contribution in [0, 0.1) is 0 Å². The fourth-order valence-electron chi connectivity index (χ4n) is 3.53. The first-order valence-electron chi connectivity index (χ1n) is 9.44. The molecule has 0 atom stereocenters. The predicted molar refractivity (Wildman–Crippen MR) is 114 cm³/mol. The Hall–Kier alpha value is -3.39. The number of nitrogens with zero attached hydrogens (tertiary/aromatic N) is 2. The van der Waals surface area contributed by atoms with Gasteiger partial charge in [0, 0.05) is 12.0 Å². The van der Waals surface area contributed by atoms with Crippen LogP contribution in [-0.4, -0.2) is 39.5 Å². The number of carbonyl (C=O) groups is 2. The van der Waals surface area contributed by atoms with Gasteiger partial charge in [0.1, 0.15) is 12.4 Å². The van der Waals surface area contributed by atoms with Gasteiger partial charge in [-0.1, -0.05) is 67.2 Å². The van der Waals surface area contributed by atoms with Gasteiger partial charge in [-0.05, 0) is 28.0 Å². The molecule has 4 rings (SSSR count). The molecule has 0 bridgehead atoms. The van der Waals surface area contributed by atoms with Gasteiger partial charge in [-0.25, -0.2) is 19.6 Å². The van der Waals surface area contributed by atoms with E-state index in [1.165, 1.54) is 17.8 Å². The van der Waals surface area contributed by atoms with E-state index in [9.17, 15) is 14.7 Å². The van der Waals surface area contributed by atoms with Crippen molar-refractivity contribution < 1.29 is 19.4 Å². The van der Waals surface area contributed by atoms with Crippen LogP contribution < -0.4 is 5.32 Å². The summed E-state index contributed by atoms with van der Waals surface area (Å²) in [5.74, 6) is -0.483. The van der Waals surface area contributed by atoms with Gasteiger partial charge in [-0.2, -0.15) is 0 Å². The number of amides is 1. The van der Waals surface area contributed by atoms with Crippen LogP contribution in [0.1, 0.15) is 34.5 Å². The van der Waals surface area contributed by atoms with Crippen LogP contribution in [0.2, 0.25) is 0 Å². The Morgan fingerprint density at radius 3 is 2.30 bits per heavy atom. The molecule has 2 N–H and O–H groups in total. The van der Waals surface area contributed by atoms with Crippen LogP contribution in [-0.2, 0) is 4.74 Å². The molecule has 0 aliphatic heterocycles. The third kappa shape index (κ3) is 3.99. The summed E-state index contributed by atoms with van der Waals surface area (Å²) in [4.78, 5) is 31.8. The molecule has 3 aromatic rings. The van der Waals surface area contributed by atoms with Gasteiger partial charge in [-0.15, -0.1) is 0 Å². The topological polar surface area (TPSA) is 101 Å². The molecule has 1 aliphatic carbocycles. The van der Waals surface area contributed by atoms with Crippen molar-refractivity contribution >= 4 is 29.6 Å². The highest BCUT2D eigenvalue weighted by Crippen LogP contribution is 2.44. The van der Waals surface area contributed by atoms with E-state index in [0.717, 1.165) is 22.3 Å². The van der Waals surface area contributed by atoms with Crippen LogP contribution in [0.25, 0.3) is 11.1 Å². The summed E-state index contributed by atoms with van der Waals surface area (Å²) < 4.78 is 5.48. The number of fused-ring (bicyclic) bond motifs is 3. The lowest BCUT2D eigenvalue weighted by Crippen LogP contribution is -2.19. The van der Waals surface area contributed by atoms with Gasteiger partial charge in [0.2, 0.25) is 0 Å². The lowest BCUT2D eigenvalue weighted by molar-refractivity contribution is 0.0689. The molecule has 0 unspecified atom stereocenters. The van der Waals surface area contributed by atoms with Crippen molar-refractivity contribution in [2.75, 3.05) is 17.7 Å². The van der Waals surface area contributed by atoms with E-state index >= 15 is 0 Å². The molecule has 0 spiro atoms. The highest BCUT2D eigenvalue weighted by molar-refractivity contribution is 7.99. The molecule has 1 aromatic heterocycles. The standard InChI is InChI=1S/C22H19N3O4S/c1-2-30-21-23-18(20(26)27)11-19(24-21)25-22(28)29-12-17-15-9-5-3-7-13(15)14-8-4-6-10-16(14)17/h3-11,17H,2,12H2,1H3,(H,26,27)(H,23,24,25,28). The first-order chi connectivity index (χ1) is 14.6. The van der Waals surface area contributed by atoms with E-state index in [0.29, 0.717) is 5.75 Å². The summed E-state index contributed by atoms with van der Waals surface area (Å²) in [7, 11) is 0. The van der Waals surface area contributed by atoms with Crippen molar-refractivity contribution in [2.45, 2.75) is 18.0 Å². The molecule has 0 radical (unpaired) electrons. The summed E-state index contributed by atoms with van der Waals surface area (Å²) >= 11 is 1.29. The summed E-state index contributed by atoms with van der Waals surface area (Å²) in [6.45, 7) is 2.06. The number of anilines is 1. The van der Waals surface area contributed by atoms with Crippen molar-refractivity contribution in [1.29, 1.82) is 0 Å². The summed E-state index contributed by atoms with van der Waals surface area (Å²) in [5, 5.41) is 12.0. The van der Waals surface area contributed by atoms with E-state index in [1.807, 2.05) is 43.3 Å². The third-order valence-electron chi connectivity index (χ3n) is 4.77. The molecule has 2 aromatic carbocycles. The Morgan fingerprint density at radius 1 is 1.07 bits per heavy atom. The fourth-order valence-corrected chi connectivity index (χ4v) is 4.12. The number of carbonyl (C=O) groups excluding carboxylic acids is 1. The summed E-state index contributed by atoms with van der Waals surface area (Å²) in [5.41, 5.74) is 4.33. The van der Waals surface area contributed by atoms with Crippen LogP contribution in [0.3, 0.4) is 0 Å². The fraction of sp³-hybridized carbons (Fsp3) is 0.182. The lowest BCUT2D eigenvalue weighted by atomic mass is 9.98. The minimum Gasteiger partial charge on any atom is -0.477 e. The second kappa shape index (κ2) is 8.54. The number of aromatic nitrogens is 2. The highest BCUT2D eigenvalue weighted by Gasteiger charge is 2.29. The maximum absolute atomic E-state index is 12.4. The molecule has 0 fully saturated rings. The van der Waals surface area contributed by atoms with Crippen LogP contribution in [0.4, 0.5) is 10.6 Å². The van der Waals surface area contributed by atoms with E-state index < -0.39 is 12.1 Å². The average molecular weight is 421 g/mol. The van der Waals surface area contributed by atoms with E-state index in [2.05, 4.69) is 27.4 Å². The molecule has 0 saturated carbocycles. The van der Waals surface area contributed by atoms with Gasteiger partial charge in [0.15, 0.2) is 10.9 Å². The number of carboxylic acid groups (broad SMARTS) is 1. The first-order valence-corrected chi connectivity index (χ1v) is 10.4. The molecule has 8 heteroatoms. The molecule has 1 aliphatic rings. The van der Waals surface area contributed by atoms with E-state index in [1.54, 1.807) is 0 Å². The van der Waals surface area contributed by atoms with Crippen molar-refractivity contribution in [3.63, 3.8) is 0 Å². The van der Waals surface area contributed by atoms with Gasteiger partial charge >= 0.3 is 12.1 Å². The smallest absolute Gasteiger partial charge is 0.412 e. The van der Waals surface area contributed by atoms with Crippen molar-refractivity contribution in [1.82, 2.24) is 9.97 Å². The second-order valence-corrected chi connectivity index (χ2v) is 7.84. The lowest BCUT2D eigenvalue weighted by Gasteiger charge is -2.14. The Balaban J connectivity index is 1.49. The number of aromatic carboxylic acids is 1. The molecule has 30 heavy (non-hydrogen) atoms. The largest absolute Gasteiger partial charge is 0.477 e. The Bertz CT molecular complexity index is 1070. The number of benzene rings is 2. The van der Waals surface area contributed by atoms with Crippen molar-refractivity contribution in [3.8, 4) is 11.1 Å². The Kier molecular flexibility index (Phi) is 5.67. The van der Waals surface area contributed by atoms with Gasteiger partial charge in [0.25, 0.3) is 0 Å². The zero-order valence-electron chi connectivity index (χ0n) is 16.2. The van der Waals surface area contributed by atoms with Gasteiger partial charge in [-0.3, -0.25) is 5.32 Å². The number of hydrogen-bond acceptors (Lipinski definition) is 6. The zero-order chi connectivity index (χ0) is 21.1. The molecule has 7 nitrogen and oxygen atoms in total. The van der Waals surface area contributed by atoms with Crippen LogP contribution in [0.5, 0.6) is 0 Å². The molecule has 0 saturated heterocycles. The quantitative estimate of drug-likeness (QED) is 0.441. The molecule has 1 amide bonds. The molecule has 1 heterocycles. The first kappa shape index (κ1) is 19.9. The van der Waals surface area contributed by atoms with E-state index in [4.69, 9.17) is 4.74 Å².